The molecule has 2 N–H and O–H groups in total. The molecule has 134 valence electrons. The van der Waals surface area contributed by atoms with E-state index in [4.69, 9.17) is 4.42 Å². The van der Waals surface area contributed by atoms with Gasteiger partial charge in [-0.25, -0.2) is 13.2 Å². The van der Waals surface area contributed by atoms with Crippen molar-refractivity contribution in [2.45, 2.75) is 24.3 Å². The molecule has 0 bridgehead atoms. The van der Waals surface area contributed by atoms with Crippen LogP contribution in [0.1, 0.15) is 21.9 Å². The van der Waals surface area contributed by atoms with Gasteiger partial charge in [0.05, 0.1) is 7.11 Å². The Morgan fingerprint density at radius 3 is 2.48 bits per heavy atom. The number of benzene rings is 1. The van der Waals surface area contributed by atoms with Crippen LogP contribution < -0.4 is 4.72 Å². The summed E-state index contributed by atoms with van der Waals surface area (Å²) < 4.78 is 36.7. The minimum absolute atomic E-state index is 0.0316. The number of aryl methyl sites for hydroxylation is 1. The van der Waals surface area contributed by atoms with Crippen molar-refractivity contribution < 1.29 is 32.3 Å². The first-order valence-electron chi connectivity index (χ1n) is 7.22. The fourth-order valence-corrected chi connectivity index (χ4v) is 3.58. The molecule has 0 saturated heterocycles. The lowest BCUT2D eigenvalue weighted by Gasteiger charge is -2.14. The van der Waals surface area contributed by atoms with E-state index in [-0.39, 0.29) is 22.8 Å². The van der Waals surface area contributed by atoms with Gasteiger partial charge in [-0.15, -0.1) is 0 Å². The van der Waals surface area contributed by atoms with Crippen molar-refractivity contribution in [1.29, 1.82) is 0 Å². The Morgan fingerprint density at radius 2 is 1.92 bits per heavy atom. The molecule has 0 fully saturated rings. The van der Waals surface area contributed by atoms with Crippen molar-refractivity contribution in [2.75, 3.05) is 7.11 Å². The minimum Gasteiger partial charge on any atom is -0.480 e. The van der Waals surface area contributed by atoms with E-state index in [1.54, 1.807) is 30.3 Å². The Hall–Kier alpha value is -2.65. The fourth-order valence-electron chi connectivity index (χ4n) is 2.21. The highest BCUT2D eigenvalue weighted by atomic mass is 32.2. The van der Waals surface area contributed by atoms with Crippen LogP contribution in [0.4, 0.5) is 0 Å². The lowest BCUT2D eigenvalue weighted by atomic mass is 10.1. The van der Waals surface area contributed by atoms with Crippen LogP contribution in [0.5, 0.6) is 0 Å². The van der Waals surface area contributed by atoms with Crippen LogP contribution in [0.2, 0.25) is 0 Å². The van der Waals surface area contributed by atoms with E-state index in [1.165, 1.54) is 6.92 Å². The van der Waals surface area contributed by atoms with E-state index >= 15 is 0 Å². The predicted molar refractivity (Wildman–Crippen MR) is 86.7 cm³/mol. The highest BCUT2D eigenvalue weighted by Gasteiger charge is 2.29. The summed E-state index contributed by atoms with van der Waals surface area (Å²) in [5, 5.41) is 9.32. The topological polar surface area (TPSA) is 123 Å². The maximum atomic E-state index is 12.5. The van der Waals surface area contributed by atoms with E-state index < -0.39 is 28.0 Å². The minimum atomic E-state index is -4.21. The number of hydrogen-bond donors (Lipinski definition) is 2. The highest BCUT2D eigenvalue weighted by Crippen LogP contribution is 2.21. The molecular weight excluding hydrogens is 350 g/mol. The number of carboxylic acid groups (broad SMARTS) is 1. The zero-order chi connectivity index (χ0) is 18.6. The third kappa shape index (κ3) is 4.46. The maximum absolute atomic E-state index is 12.5. The highest BCUT2D eigenvalue weighted by molar-refractivity contribution is 7.89. The van der Waals surface area contributed by atoms with Crippen molar-refractivity contribution in [2.24, 2.45) is 0 Å². The number of carbonyl (C=O) groups is 2. The van der Waals surface area contributed by atoms with Gasteiger partial charge in [-0.2, -0.15) is 4.72 Å². The SMILES string of the molecule is COC(=O)c1cc(S(=O)(=O)N[C@H](Cc2ccccc2)C(=O)O)c(C)o1. The summed E-state index contributed by atoms with van der Waals surface area (Å²) in [4.78, 5) is 22.6. The summed E-state index contributed by atoms with van der Waals surface area (Å²) in [7, 11) is -3.08. The molecule has 0 saturated carbocycles. The Labute approximate surface area is 144 Å². The van der Waals surface area contributed by atoms with Gasteiger partial charge >= 0.3 is 11.9 Å². The van der Waals surface area contributed by atoms with Crippen molar-refractivity contribution in [3.8, 4) is 0 Å². The Balaban J connectivity index is 2.27. The van der Waals surface area contributed by atoms with Crippen LogP contribution in [0.3, 0.4) is 0 Å². The predicted octanol–water partition coefficient (Wildman–Crippen LogP) is 1.35. The molecule has 0 aliphatic heterocycles. The number of sulfonamides is 1. The number of aliphatic carboxylic acids is 1. The monoisotopic (exact) mass is 367 g/mol. The molecule has 1 heterocycles. The van der Waals surface area contributed by atoms with E-state index in [2.05, 4.69) is 9.46 Å². The molecule has 9 heteroatoms. The standard InChI is InChI=1S/C16H17NO7S/c1-10-14(9-13(24-10)16(20)23-2)25(21,22)17-12(15(18)19)8-11-6-4-3-5-7-11/h3-7,9,12,17H,8H2,1-2H3,(H,18,19)/t12-/m1/s1. The second-order valence-electron chi connectivity index (χ2n) is 5.22. The van der Waals surface area contributed by atoms with Crippen LogP contribution in [0.25, 0.3) is 0 Å². The van der Waals surface area contributed by atoms with Gasteiger partial charge in [0, 0.05) is 6.07 Å². The summed E-state index contributed by atoms with van der Waals surface area (Å²) >= 11 is 0. The summed E-state index contributed by atoms with van der Waals surface area (Å²) in [5.74, 6) is -2.47. The quantitative estimate of drug-likeness (QED) is 0.708. The molecule has 0 aliphatic rings. The molecule has 0 amide bonds. The van der Waals surface area contributed by atoms with Gasteiger partial charge in [0.1, 0.15) is 16.7 Å². The number of ether oxygens (including phenoxy) is 1. The van der Waals surface area contributed by atoms with Gasteiger partial charge in [-0.1, -0.05) is 30.3 Å². The molecule has 0 radical (unpaired) electrons. The molecule has 8 nitrogen and oxygen atoms in total. The van der Waals surface area contributed by atoms with E-state index in [0.29, 0.717) is 5.56 Å². The lowest BCUT2D eigenvalue weighted by Crippen LogP contribution is -2.42. The molecule has 0 unspecified atom stereocenters. The molecule has 25 heavy (non-hydrogen) atoms. The van der Waals surface area contributed by atoms with Crippen LogP contribution in [0.15, 0.2) is 45.7 Å². The van der Waals surface area contributed by atoms with Gasteiger partial charge in [0.2, 0.25) is 15.8 Å². The molecule has 1 aromatic heterocycles. The molecule has 1 aromatic carbocycles. The third-order valence-corrected chi connectivity index (χ3v) is 5.01. The first-order chi connectivity index (χ1) is 11.7. The Kier molecular flexibility index (Phi) is 5.60. The van der Waals surface area contributed by atoms with Crippen molar-refractivity contribution in [3.63, 3.8) is 0 Å². The van der Waals surface area contributed by atoms with Gasteiger partial charge < -0.3 is 14.3 Å². The number of furan rings is 1. The normalized spacial score (nSPS) is 12.6. The van der Waals surface area contributed by atoms with Crippen LogP contribution in [-0.4, -0.2) is 38.6 Å². The van der Waals surface area contributed by atoms with Crippen LogP contribution >= 0.6 is 0 Å². The summed E-state index contributed by atoms with van der Waals surface area (Å²) in [6.07, 6.45) is -0.0316. The van der Waals surface area contributed by atoms with E-state index in [1.807, 2.05) is 0 Å². The maximum Gasteiger partial charge on any atom is 0.373 e. The van der Waals surface area contributed by atoms with E-state index in [9.17, 15) is 23.1 Å². The number of carboxylic acids is 1. The number of methoxy groups -OCH3 is 1. The van der Waals surface area contributed by atoms with Crippen LogP contribution in [0, 0.1) is 6.92 Å². The molecule has 1 atom stereocenters. The number of rotatable bonds is 7. The first-order valence-corrected chi connectivity index (χ1v) is 8.70. The third-order valence-electron chi connectivity index (χ3n) is 3.43. The van der Waals surface area contributed by atoms with E-state index in [0.717, 1.165) is 13.2 Å². The molecule has 0 spiro atoms. The largest absolute Gasteiger partial charge is 0.480 e. The zero-order valence-corrected chi connectivity index (χ0v) is 14.4. The van der Waals surface area contributed by atoms with Gasteiger partial charge in [0.15, 0.2) is 0 Å². The average Bonchev–Trinajstić information content (AvgIpc) is 2.97. The Bertz CT molecular complexity index is 871. The fraction of sp³-hybridized carbons (Fsp3) is 0.250. The second-order valence-corrected chi connectivity index (χ2v) is 6.91. The first kappa shape index (κ1) is 18.7. The van der Waals surface area contributed by atoms with Crippen LogP contribution in [-0.2, 0) is 26.0 Å². The number of carbonyl (C=O) groups excluding carboxylic acids is 1. The van der Waals surface area contributed by atoms with Crippen molar-refractivity contribution in [1.82, 2.24) is 4.72 Å². The zero-order valence-electron chi connectivity index (χ0n) is 13.6. The molecule has 2 rings (SSSR count). The number of esters is 1. The lowest BCUT2D eigenvalue weighted by molar-refractivity contribution is -0.138. The van der Waals surface area contributed by atoms with Crippen molar-refractivity contribution in [3.05, 3.63) is 53.5 Å². The van der Waals surface area contributed by atoms with Gasteiger partial charge in [-0.05, 0) is 18.9 Å². The average molecular weight is 367 g/mol. The molecule has 2 aromatic rings. The Morgan fingerprint density at radius 1 is 1.28 bits per heavy atom. The summed E-state index contributed by atoms with van der Waals surface area (Å²) in [5.41, 5.74) is 0.664. The number of nitrogens with one attached hydrogen (secondary N) is 1. The van der Waals surface area contributed by atoms with Gasteiger partial charge in [0.25, 0.3) is 0 Å². The number of hydrogen-bond acceptors (Lipinski definition) is 6. The summed E-state index contributed by atoms with van der Waals surface area (Å²) in [6, 6.07) is 8.25. The molecule has 0 aliphatic carbocycles. The summed E-state index contributed by atoms with van der Waals surface area (Å²) in [6.45, 7) is 1.36. The molecular formula is C16H17NO7S. The smallest absolute Gasteiger partial charge is 0.373 e. The van der Waals surface area contributed by atoms with Crippen molar-refractivity contribution >= 4 is 22.0 Å². The second kappa shape index (κ2) is 7.49. The van der Waals surface area contributed by atoms with Gasteiger partial charge in [-0.3, -0.25) is 4.79 Å².